The van der Waals surface area contributed by atoms with Crippen molar-refractivity contribution in [3.8, 4) is 5.75 Å². The molecule has 5 heteroatoms. The molecule has 0 aromatic heterocycles. The van der Waals surface area contributed by atoms with E-state index in [1.165, 1.54) is 0 Å². The maximum Gasteiger partial charge on any atom is 0.413 e. The van der Waals surface area contributed by atoms with Crippen LogP contribution in [0.25, 0.3) is 5.53 Å². The summed E-state index contributed by atoms with van der Waals surface area (Å²) in [6.07, 6.45) is 0.884. The van der Waals surface area contributed by atoms with E-state index in [-0.39, 0.29) is 12.2 Å². The average molecular weight is 248 g/mol. The molecule has 0 aliphatic heterocycles. The van der Waals surface area contributed by atoms with Crippen molar-refractivity contribution in [2.75, 3.05) is 0 Å². The Bertz CT molecular complexity index is 427. The summed E-state index contributed by atoms with van der Waals surface area (Å²) >= 11 is 0. The van der Waals surface area contributed by atoms with Crippen LogP contribution in [0, 0.1) is 0 Å². The van der Waals surface area contributed by atoms with Gasteiger partial charge in [-0.2, -0.15) is 4.79 Å². The first kappa shape index (κ1) is 13.9. The minimum atomic E-state index is -0.670. The monoisotopic (exact) mass is 248 g/mol. The van der Waals surface area contributed by atoms with E-state index in [9.17, 15) is 4.79 Å². The fraction of sp³-hybridized carbons (Fsp3) is 0.385. The topological polar surface area (TPSA) is 71.9 Å². The molecule has 0 amide bonds. The van der Waals surface area contributed by atoms with Crippen LogP contribution in [0.15, 0.2) is 30.3 Å². The Morgan fingerprint density at radius 3 is 2.61 bits per heavy atom. The van der Waals surface area contributed by atoms with Crippen molar-refractivity contribution < 1.29 is 19.1 Å². The van der Waals surface area contributed by atoms with Gasteiger partial charge in [0.1, 0.15) is 11.9 Å². The van der Waals surface area contributed by atoms with Crippen molar-refractivity contribution in [1.82, 2.24) is 0 Å². The zero-order chi connectivity index (χ0) is 13.4. The lowest BCUT2D eigenvalue weighted by atomic mass is 10.2. The highest BCUT2D eigenvalue weighted by Gasteiger charge is 2.15. The van der Waals surface area contributed by atoms with Gasteiger partial charge < -0.3 is 15.0 Å². The Morgan fingerprint density at radius 1 is 1.33 bits per heavy atom. The van der Waals surface area contributed by atoms with Crippen molar-refractivity contribution >= 4 is 12.2 Å². The van der Waals surface area contributed by atoms with Gasteiger partial charge in [0.2, 0.25) is 0 Å². The second-order valence-electron chi connectivity index (χ2n) is 3.97. The molecule has 0 heterocycles. The molecule has 1 aromatic carbocycles. The van der Waals surface area contributed by atoms with Crippen LogP contribution in [-0.4, -0.2) is 29.2 Å². The van der Waals surface area contributed by atoms with Crippen molar-refractivity contribution in [2.45, 2.75) is 32.5 Å². The molecule has 5 nitrogen and oxygen atoms in total. The Hall–Kier alpha value is -2.13. The fourth-order valence-corrected chi connectivity index (χ4v) is 1.57. The lowest BCUT2D eigenvalue weighted by Gasteiger charge is -2.18. The molecule has 2 atom stereocenters. The van der Waals surface area contributed by atoms with Gasteiger partial charge in [-0.05, 0) is 26.0 Å². The molecule has 18 heavy (non-hydrogen) atoms. The Labute approximate surface area is 106 Å². The molecule has 1 aromatic rings. The molecule has 0 aliphatic carbocycles. The third-order valence-electron chi connectivity index (χ3n) is 2.22. The van der Waals surface area contributed by atoms with Gasteiger partial charge in [-0.15, -0.1) is 0 Å². The number of para-hydroxylation sites is 1. The van der Waals surface area contributed by atoms with Gasteiger partial charge in [-0.25, -0.2) is 4.79 Å². The normalized spacial score (nSPS) is 13.0. The SMILES string of the molecule is C[C@H](C[C@@H](C)Oc1ccccc1)OC(=O)C=[N+]=[N-]. The van der Waals surface area contributed by atoms with Gasteiger partial charge in [0, 0.05) is 6.42 Å². The minimum absolute atomic E-state index is 0.0822. The second-order valence-corrected chi connectivity index (χ2v) is 3.97. The Morgan fingerprint density at radius 2 is 2.00 bits per heavy atom. The van der Waals surface area contributed by atoms with Crippen LogP contribution in [0.4, 0.5) is 0 Å². The highest BCUT2D eigenvalue weighted by atomic mass is 16.5. The zero-order valence-electron chi connectivity index (χ0n) is 10.4. The quantitative estimate of drug-likeness (QED) is 0.335. The van der Waals surface area contributed by atoms with Gasteiger partial charge in [0.05, 0.1) is 6.10 Å². The van der Waals surface area contributed by atoms with Gasteiger partial charge >= 0.3 is 12.2 Å². The molecule has 0 N–H and O–H groups in total. The second kappa shape index (κ2) is 7.25. The molecule has 0 unspecified atom stereocenters. The van der Waals surface area contributed by atoms with Crippen LogP contribution in [0.3, 0.4) is 0 Å². The third kappa shape index (κ3) is 5.27. The predicted molar refractivity (Wildman–Crippen MR) is 66.4 cm³/mol. The zero-order valence-corrected chi connectivity index (χ0v) is 10.4. The maximum absolute atomic E-state index is 11.0. The van der Waals surface area contributed by atoms with Crippen molar-refractivity contribution in [2.24, 2.45) is 0 Å². The number of carbonyl (C=O) groups excluding carboxylic acids is 1. The summed E-state index contributed by atoms with van der Waals surface area (Å²) in [5, 5.41) is 0. The molecule has 0 aliphatic rings. The molecular weight excluding hydrogens is 232 g/mol. The lowest BCUT2D eigenvalue weighted by molar-refractivity contribution is -0.144. The van der Waals surface area contributed by atoms with Crippen molar-refractivity contribution in [3.05, 3.63) is 35.9 Å². The van der Waals surface area contributed by atoms with Crippen molar-refractivity contribution in [1.29, 1.82) is 0 Å². The Balaban J connectivity index is 2.38. The van der Waals surface area contributed by atoms with E-state index in [2.05, 4.69) is 4.79 Å². The molecule has 96 valence electrons. The summed E-state index contributed by atoms with van der Waals surface area (Å²) in [6, 6.07) is 9.43. The average Bonchev–Trinajstić information content (AvgIpc) is 2.29. The van der Waals surface area contributed by atoms with E-state index < -0.39 is 5.97 Å². The lowest BCUT2D eigenvalue weighted by Crippen LogP contribution is -2.23. The molecule has 0 bridgehead atoms. The summed E-state index contributed by atoms with van der Waals surface area (Å²) in [5.74, 6) is 0.109. The summed E-state index contributed by atoms with van der Waals surface area (Å²) in [5.41, 5.74) is 8.17. The van der Waals surface area contributed by atoms with Crippen LogP contribution < -0.4 is 4.74 Å². The number of carbonyl (C=O) groups is 1. The summed E-state index contributed by atoms with van der Waals surface area (Å²) < 4.78 is 10.6. The van der Waals surface area contributed by atoms with Gasteiger partial charge in [-0.3, -0.25) is 0 Å². The minimum Gasteiger partial charge on any atom is -0.491 e. The number of benzene rings is 1. The number of ether oxygens (including phenoxy) is 2. The number of nitrogens with zero attached hydrogens (tertiary/aromatic N) is 2. The number of hydrogen-bond donors (Lipinski definition) is 0. The predicted octanol–water partition coefficient (Wildman–Crippen LogP) is 2.08. The molecule has 0 saturated carbocycles. The molecule has 0 spiro atoms. The van der Waals surface area contributed by atoms with Crippen LogP contribution >= 0.6 is 0 Å². The maximum atomic E-state index is 11.0. The number of hydrogen-bond acceptors (Lipinski definition) is 3. The van der Waals surface area contributed by atoms with E-state index in [0.717, 1.165) is 12.0 Å². The van der Waals surface area contributed by atoms with Crippen LogP contribution in [0.1, 0.15) is 20.3 Å². The number of rotatable bonds is 6. The van der Waals surface area contributed by atoms with Crippen molar-refractivity contribution in [3.63, 3.8) is 0 Å². The van der Waals surface area contributed by atoms with E-state index in [4.69, 9.17) is 15.0 Å². The van der Waals surface area contributed by atoms with E-state index >= 15 is 0 Å². The van der Waals surface area contributed by atoms with E-state index in [1.807, 2.05) is 37.3 Å². The first-order valence-electron chi connectivity index (χ1n) is 5.71. The summed E-state index contributed by atoms with van der Waals surface area (Å²) in [6.45, 7) is 3.66. The van der Waals surface area contributed by atoms with E-state index in [0.29, 0.717) is 6.42 Å². The van der Waals surface area contributed by atoms with Crippen LogP contribution in [0.2, 0.25) is 0 Å². The third-order valence-corrected chi connectivity index (χ3v) is 2.22. The van der Waals surface area contributed by atoms with Gasteiger partial charge in [0.15, 0.2) is 0 Å². The van der Waals surface area contributed by atoms with Crippen LogP contribution in [0.5, 0.6) is 5.75 Å². The highest BCUT2D eigenvalue weighted by molar-refractivity contribution is 6.20. The Kier molecular flexibility index (Phi) is 5.61. The molecule has 0 radical (unpaired) electrons. The van der Waals surface area contributed by atoms with Gasteiger partial charge in [-0.1, -0.05) is 18.2 Å². The van der Waals surface area contributed by atoms with E-state index in [1.54, 1.807) is 6.92 Å². The standard InChI is InChI=1S/C13H16N2O3/c1-10(17-12-6-4-3-5-7-12)8-11(2)18-13(16)9-15-14/h3-7,9-11H,8H2,1-2H3/t10-,11-/m1/s1. The molecule has 0 fully saturated rings. The largest absolute Gasteiger partial charge is 0.491 e. The smallest absolute Gasteiger partial charge is 0.413 e. The summed E-state index contributed by atoms with van der Waals surface area (Å²) in [7, 11) is 0. The highest BCUT2D eigenvalue weighted by Crippen LogP contribution is 2.14. The first-order valence-corrected chi connectivity index (χ1v) is 5.71. The molecule has 0 saturated heterocycles. The molecule has 1 rings (SSSR count). The van der Waals surface area contributed by atoms with Crippen LogP contribution in [-0.2, 0) is 9.53 Å². The first-order chi connectivity index (χ1) is 8.61. The fourth-order valence-electron chi connectivity index (χ4n) is 1.57. The molecular formula is C13H16N2O3. The number of esters is 1. The summed E-state index contributed by atoms with van der Waals surface area (Å²) in [4.78, 5) is 13.6. The van der Waals surface area contributed by atoms with Gasteiger partial charge in [0.25, 0.3) is 0 Å².